The van der Waals surface area contributed by atoms with E-state index in [0.717, 1.165) is 32.7 Å². The van der Waals surface area contributed by atoms with Crippen LogP contribution in [0.3, 0.4) is 0 Å². The van der Waals surface area contributed by atoms with E-state index in [1.165, 1.54) is 4.88 Å². The summed E-state index contributed by atoms with van der Waals surface area (Å²) in [7, 11) is 0. The summed E-state index contributed by atoms with van der Waals surface area (Å²) in [6, 6.07) is 7.88. The normalized spacial score (nSPS) is 26.3. The van der Waals surface area contributed by atoms with Crippen molar-refractivity contribution in [3.05, 3.63) is 52.5 Å². The molecular formula is C19H23N3O2S. The number of carbonyl (C=O) groups is 1. The molecule has 3 atom stereocenters. The summed E-state index contributed by atoms with van der Waals surface area (Å²) >= 11 is 1.83. The van der Waals surface area contributed by atoms with Crippen LogP contribution < -0.4 is 5.32 Å². The van der Waals surface area contributed by atoms with Crippen molar-refractivity contribution in [3.63, 3.8) is 0 Å². The van der Waals surface area contributed by atoms with Crippen LogP contribution in [-0.2, 0) is 11.3 Å². The third-order valence-electron chi connectivity index (χ3n) is 5.23. The molecule has 1 amide bonds. The van der Waals surface area contributed by atoms with Crippen LogP contribution in [0, 0.1) is 11.8 Å². The number of nitrogens with zero attached hydrogens (tertiary/aromatic N) is 2. The molecule has 0 unspecified atom stereocenters. The molecule has 0 saturated carbocycles. The number of rotatable bonds is 5. The first kappa shape index (κ1) is 16.7. The molecule has 2 aliphatic rings. The highest BCUT2D eigenvalue weighted by Gasteiger charge is 2.40. The Morgan fingerprint density at radius 2 is 2.36 bits per heavy atom. The van der Waals surface area contributed by atoms with E-state index < -0.39 is 0 Å². The van der Waals surface area contributed by atoms with E-state index in [1.807, 2.05) is 11.3 Å². The monoisotopic (exact) mass is 357 g/mol. The second kappa shape index (κ2) is 7.64. The van der Waals surface area contributed by atoms with Crippen molar-refractivity contribution in [2.75, 3.05) is 26.2 Å². The molecule has 4 rings (SSSR count). The van der Waals surface area contributed by atoms with Gasteiger partial charge in [-0.05, 0) is 42.5 Å². The van der Waals surface area contributed by atoms with Gasteiger partial charge in [-0.15, -0.1) is 11.3 Å². The maximum Gasteiger partial charge on any atom is 0.252 e. The molecule has 2 aromatic rings. The van der Waals surface area contributed by atoms with Gasteiger partial charge >= 0.3 is 0 Å². The van der Waals surface area contributed by atoms with Crippen LogP contribution in [0.4, 0.5) is 0 Å². The van der Waals surface area contributed by atoms with Crippen molar-refractivity contribution in [2.45, 2.75) is 19.1 Å². The second-order valence-corrected chi connectivity index (χ2v) is 7.88. The molecule has 2 aromatic heterocycles. The fourth-order valence-corrected chi connectivity index (χ4v) is 4.68. The average molecular weight is 357 g/mol. The summed E-state index contributed by atoms with van der Waals surface area (Å²) in [6.07, 6.45) is 4.54. The van der Waals surface area contributed by atoms with Crippen LogP contribution in [-0.4, -0.2) is 48.1 Å². The molecule has 25 heavy (non-hydrogen) atoms. The lowest BCUT2D eigenvalue weighted by Gasteiger charge is -2.35. The van der Waals surface area contributed by atoms with Crippen LogP contribution in [0.1, 0.15) is 21.7 Å². The minimum Gasteiger partial charge on any atom is -0.376 e. The van der Waals surface area contributed by atoms with Gasteiger partial charge in [-0.25, -0.2) is 0 Å². The minimum atomic E-state index is -0.0738. The van der Waals surface area contributed by atoms with Crippen molar-refractivity contribution in [3.8, 4) is 0 Å². The van der Waals surface area contributed by atoms with Crippen molar-refractivity contribution in [2.24, 2.45) is 11.8 Å². The van der Waals surface area contributed by atoms with Crippen LogP contribution in [0.5, 0.6) is 0 Å². The van der Waals surface area contributed by atoms with Gasteiger partial charge in [0.1, 0.15) is 0 Å². The van der Waals surface area contributed by atoms with Crippen molar-refractivity contribution in [1.82, 2.24) is 15.2 Å². The van der Waals surface area contributed by atoms with Crippen LogP contribution >= 0.6 is 11.3 Å². The summed E-state index contributed by atoms with van der Waals surface area (Å²) in [5.41, 5.74) is 0.600. The number of fused-ring (bicyclic) bond motifs is 1. The number of carbonyl (C=O) groups excluding carboxylic acids is 1. The number of piperidine rings is 1. The van der Waals surface area contributed by atoms with Gasteiger partial charge in [0, 0.05) is 42.8 Å². The zero-order chi connectivity index (χ0) is 17.1. The molecule has 0 aromatic carbocycles. The number of pyridine rings is 1. The predicted molar refractivity (Wildman–Crippen MR) is 97.5 cm³/mol. The standard InChI is InChI=1S/C19H23N3O2S/c23-19(14-3-1-6-20-9-14)21-10-18-17-5-7-22(11-15(17)13-24-18)12-16-4-2-8-25-16/h1-4,6,8-9,15,17-18H,5,7,10-13H2,(H,21,23)/t15-,17-,18+/m1/s1. The van der Waals surface area contributed by atoms with E-state index >= 15 is 0 Å². The van der Waals surface area contributed by atoms with E-state index in [2.05, 4.69) is 32.7 Å². The number of nitrogens with one attached hydrogen (secondary N) is 1. The Morgan fingerprint density at radius 1 is 1.40 bits per heavy atom. The Balaban J connectivity index is 1.28. The van der Waals surface area contributed by atoms with E-state index in [1.54, 1.807) is 24.5 Å². The molecule has 6 heteroatoms. The highest BCUT2D eigenvalue weighted by Crippen LogP contribution is 2.34. The number of amides is 1. The highest BCUT2D eigenvalue weighted by molar-refractivity contribution is 7.09. The maximum absolute atomic E-state index is 12.2. The Hall–Kier alpha value is -1.76. The summed E-state index contributed by atoms with van der Waals surface area (Å²) in [6.45, 7) is 4.63. The number of thiophene rings is 1. The van der Waals surface area contributed by atoms with Gasteiger partial charge < -0.3 is 10.1 Å². The molecule has 0 radical (unpaired) electrons. The first-order valence-corrected chi connectivity index (χ1v) is 9.72. The molecule has 0 bridgehead atoms. The molecule has 2 aliphatic heterocycles. The van der Waals surface area contributed by atoms with Gasteiger partial charge in [0.05, 0.1) is 18.3 Å². The molecule has 2 saturated heterocycles. The molecule has 5 nitrogen and oxygen atoms in total. The maximum atomic E-state index is 12.2. The average Bonchev–Trinajstić information content (AvgIpc) is 3.30. The van der Waals surface area contributed by atoms with Gasteiger partial charge in [-0.1, -0.05) is 6.07 Å². The van der Waals surface area contributed by atoms with Crippen LogP contribution in [0.15, 0.2) is 42.0 Å². The zero-order valence-corrected chi connectivity index (χ0v) is 15.0. The first-order chi connectivity index (χ1) is 12.3. The minimum absolute atomic E-state index is 0.0738. The predicted octanol–water partition coefficient (Wildman–Crippen LogP) is 2.41. The molecule has 132 valence electrons. The third kappa shape index (κ3) is 3.92. The topological polar surface area (TPSA) is 54.5 Å². The lowest BCUT2D eigenvalue weighted by Crippen LogP contribution is -2.43. The van der Waals surface area contributed by atoms with Gasteiger partial charge in [-0.2, -0.15) is 0 Å². The Morgan fingerprint density at radius 3 is 3.16 bits per heavy atom. The van der Waals surface area contributed by atoms with E-state index in [9.17, 15) is 4.79 Å². The quantitative estimate of drug-likeness (QED) is 0.893. The van der Waals surface area contributed by atoms with E-state index in [4.69, 9.17) is 4.74 Å². The lowest BCUT2D eigenvalue weighted by atomic mass is 9.84. The molecule has 0 spiro atoms. The number of hydrogen-bond donors (Lipinski definition) is 1. The SMILES string of the molecule is O=C(NC[C@@H]1OC[C@H]2CN(Cc3cccs3)CC[C@H]21)c1cccnc1. The number of ether oxygens (including phenoxy) is 1. The van der Waals surface area contributed by atoms with Crippen molar-refractivity contribution < 1.29 is 9.53 Å². The van der Waals surface area contributed by atoms with Crippen molar-refractivity contribution >= 4 is 17.2 Å². The van der Waals surface area contributed by atoms with Gasteiger partial charge in [0.2, 0.25) is 0 Å². The number of aromatic nitrogens is 1. The molecule has 2 fully saturated rings. The Bertz CT molecular complexity index is 692. The first-order valence-electron chi connectivity index (χ1n) is 8.84. The molecule has 0 aliphatic carbocycles. The smallest absolute Gasteiger partial charge is 0.252 e. The summed E-state index contributed by atoms with van der Waals surface area (Å²) in [5, 5.41) is 5.15. The van der Waals surface area contributed by atoms with Gasteiger partial charge in [-0.3, -0.25) is 14.7 Å². The molecular weight excluding hydrogens is 334 g/mol. The van der Waals surface area contributed by atoms with Crippen LogP contribution in [0.2, 0.25) is 0 Å². The second-order valence-electron chi connectivity index (χ2n) is 6.85. The summed E-state index contributed by atoms with van der Waals surface area (Å²) in [4.78, 5) is 20.1. The Labute approximate surface area is 152 Å². The van der Waals surface area contributed by atoms with E-state index in [-0.39, 0.29) is 12.0 Å². The number of hydrogen-bond acceptors (Lipinski definition) is 5. The fourth-order valence-electron chi connectivity index (χ4n) is 3.93. The van der Waals surface area contributed by atoms with Gasteiger partial charge in [0.25, 0.3) is 5.91 Å². The number of likely N-dealkylation sites (tertiary alicyclic amines) is 1. The highest BCUT2D eigenvalue weighted by atomic mass is 32.1. The largest absolute Gasteiger partial charge is 0.376 e. The Kier molecular flexibility index (Phi) is 5.10. The van der Waals surface area contributed by atoms with E-state index in [0.29, 0.717) is 23.9 Å². The molecule has 1 N–H and O–H groups in total. The zero-order valence-electron chi connectivity index (χ0n) is 14.1. The molecule has 4 heterocycles. The lowest BCUT2D eigenvalue weighted by molar-refractivity contribution is 0.0743. The van der Waals surface area contributed by atoms with Gasteiger partial charge in [0.15, 0.2) is 0 Å². The summed E-state index contributed by atoms with van der Waals surface area (Å²) in [5.74, 6) is 1.05. The fraction of sp³-hybridized carbons (Fsp3) is 0.474. The van der Waals surface area contributed by atoms with Crippen molar-refractivity contribution in [1.29, 1.82) is 0 Å². The van der Waals surface area contributed by atoms with Crippen LogP contribution in [0.25, 0.3) is 0 Å². The third-order valence-corrected chi connectivity index (χ3v) is 6.09. The summed E-state index contributed by atoms with van der Waals surface area (Å²) < 4.78 is 6.02.